The molecule has 0 fully saturated rings. The molecule has 0 spiro atoms. The molecular weight excluding hydrogens is 238 g/mol. The Labute approximate surface area is 115 Å². The van der Waals surface area contributed by atoms with E-state index in [4.69, 9.17) is 4.74 Å². The summed E-state index contributed by atoms with van der Waals surface area (Å²) < 4.78 is 6.83. The van der Waals surface area contributed by atoms with E-state index in [0.717, 1.165) is 17.3 Å². The van der Waals surface area contributed by atoms with Gasteiger partial charge in [-0.1, -0.05) is 46.5 Å². The summed E-state index contributed by atoms with van der Waals surface area (Å²) in [5.41, 5.74) is 0.796. The molecule has 0 saturated heterocycles. The summed E-state index contributed by atoms with van der Waals surface area (Å²) in [5.74, 6) is 1.76. The van der Waals surface area contributed by atoms with Crippen molar-refractivity contribution in [2.24, 2.45) is 5.92 Å². The van der Waals surface area contributed by atoms with Crippen LogP contribution in [0.25, 0.3) is 5.65 Å². The van der Waals surface area contributed by atoms with E-state index in [2.05, 4.69) is 31.0 Å². The Morgan fingerprint density at radius 3 is 2.53 bits per heavy atom. The van der Waals surface area contributed by atoms with Crippen LogP contribution >= 0.6 is 0 Å². The normalized spacial score (nSPS) is 10.4. The van der Waals surface area contributed by atoms with Gasteiger partial charge in [0.05, 0.1) is 7.11 Å². The van der Waals surface area contributed by atoms with E-state index in [0.29, 0.717) is 0 Å². The van der Waals surface area contributed by atoms with Gasteiger partial charge >= 0.3 is 0 Å². The van der Waals surface area contributed by atoms with Crippen LogP contribution in [0.4, 0.5) is 0 Å². The smallest absolute Gasteiger partial charge is 0.164 e. The van der Waals surface area contributed by atoms with Gasteiger partial charge in [-0.25, -0.2) is 0 Å². The van der Waals surface area contributed by atoms with Crippen LogP contribution < -0.4 is 4.74 Å². The Bertz CT molecular complexity index is 461. The van der Waals surface area contributed by atoms with Crippen molar-refractivity contribution in [3.8, 4) is 5.75 Å². The third-order valence-electron chi connectivity index (χ3n) is 3.07. The fraction of sp³-hybridized carbons (Fsp3) is 0.600. The number of hydrogen-bond acceptors (Lipinski definition) is 3. The topological polar surface area (TPSA) is 39.4 Å². The predicted octanol–water partition coefficient (Wildman–Crippen LogP) is 3.96. The molecule has 4 heteroatoms. The number of nitrogens with zero attached hydrogens (tertiary/aromatic N) is 3. The zero-order valence-corrected chi connectivity index (χ0v) is 12.5. The average molecular weight is 263 g/mol. The Morgan fingerprint density at radius 2 is 1.95 bits per heavy atom. The molecule has 0 unspecified atom stereocenters. The Kier molecular flexibility index (Phi) is 6.93. The van der Waals surface area contributed by atoms with Crippen molar-refractivity contribution in [1.82, 2.24) is 14.6 Å². The summed E-state index contributed by atoms with van der Waals surface area (Å²) in [6, 6.07) is 3.68. The number of rotatable bonds is 5. The van der Waals surface area contributed by atoms with Crippen molar-refractivity contribution in [2.75, 3.05) is 7.11 Å². The molecule has 106 valence electrons. The molecule has 0 amide bonds. The molecule has 2 heterocycles. The first kappa shape index (κ1) is 15.5. The Balaban J connectivity index is 0.000000203. The summed E-state index contributed by atoms with van der Waals surface area (Å²) in [6.45, 7) is 6.85. The van der Waals surface area contributed by atoms with E-state index >= 15 is 0 Å². The van der Waals surface area contributed by atoms with Gasteiger partial charge in [-0.15, -0.1) is 10.2 Å². The molecule has 2 rings (SSSR count). The minimum Gasteiger partial charge on any atom is -0.497 e. The van der Waals surface area contributed by atoms with Gasteiger partial charge in [0.15, 0.2) is 5.65 Å². The molecule has 0 N–H and O–H groups in total. The molecule has 0 atom stereocenters. The average Bonchev–Trinajstić information content (AvgIpc) is 2.87. The number of methoxy groups -OCH3 is 1. The molecule has 4 nitrogen and oxygen atoms in total. The van der Waals surface area contributed by atoms with E-state index < -0.39 is 0 Å². The molecule has 2 aromatic heterocycles. The van der Waals surface area contributed by atoms with Crippen LogP contribution in [-0.4, -0.2) is 21.7 Å². The minimum atomic E-state index is 0.796. The van der Waals surface area contributed by atoms with Gasteiger partial charge in [-0.2, -0.15) is 0 Å². The summed E-state index contributed by atoms with van der Waals surface area (Å²) >= 11 is 0. The van der Waals surface area contributed by atoms with Gasteiger partial charge in [0.25, 0.3) is 0 Å². The number of ether oxygens (including phenoxy) is 1. The predicted molar refractivity (Wildman–Crippen MR) is 78.5 cm³/mol. The highest BCUT2D eigenvalue weighted by atomic mass is 16.5. The Hall–Kier alpha value is -1.58. The second kappa shape index (κ2) is 8.51. The SMILES string of the molecule is CCCC(C)CCC.COc1ccn2cnnc2c1. The standard InChI is InChI=1S/C8H18.C7H7N3O/c1-4-6-8(3)7-5-2;1-11-6-2-3-10-5-8-9-7(10)4-6/h8H,4-7H2,1-3H3;2-5H,1H3. The molecule has 0 bridgehead atoms. The first-order chi connectivity index (χ1) is 9.21. The Morgan fingerprint density at radius 1 is 1.26 bits per heavy atom. The molecule has 19 heavy (non-hydrogen) atoms. The number of hydrogen-bond donors (Lipinski definition) is 0. The molecule has 0 saturated carbocycles. The van der Waals surface area contributed by atoms with Crippen molar-refractivity contribution in [3.63, 3.8) is 0 Å². The maximum Gasteiger partial charge on any atom is 0.164 e. The van der Waals surface area contributed by atoms with Crippen molar-refractivity contribution >= 4 is 5.65 Å². The third-order valence-corrected chi connectivity index (χ3v) is 3.07. The molecule has 2 aromatic rings. The van der Waals surface area contributed by atoms with Crippen LogP contribution in [0.2, 0.25) is 0 Å². The van der Waals surface area contributed by atoms with Crippen molar-refractivity contribution in [3.05, 3.63) is 24.7 Å². The van der Waals surface area contributed by atoms with Gasteiger partial charge in [0.2, 0.25) is 0 Å². The van der Waals surface area contributed by atoms with Crippen molar-refractivity contribution in [1.29, 1.82) is 0 Å². The monoisotopic (exact) mass is 263 g/mol. The van der Waals surface area contributed by atoms with Crippen molar-refractivity contribution < 1.29 is 4.74 Å². The lowest BCUT2D eigenvalue weighted by molar-refractivity contribution is 0.414. The maximum absolute atomic E-state index is 5.01. The van der Waals surface area contributed by atoms with E-state index in [1.54, 1.807) is 13.4 Å². The molecule has 0 aliphatic carbocycles. The molecule has 0 aromatic carbocycles. The summed E-state index contributed by atoms with van der Waals surface area (Å²) in [4.78, 5) is 0. The van der Waals surface area contributed by atoms with Gasteiger partial charge in [0.1, 0.15) is 12.1 Å². The number of fused-ring (bicyclic) bond motifs is 1. The number of pyridine rings is 1. The van der Waals surface area contributed by atoms with Gasteiger partial charge in [-0.3, -0.25) is 4.40 Å². The molecule has 0 radical (unpaired) electrons. The summed E-state index contributed by atoms with van der Waals surface area (Å²) in [6.07, 6.45) is 9.02. The largest absolute Gasteiger partial charge is 0.497 e. The second-order valence-corrected chi connectivity index (χ2v) is 4.85. The summed E-state index contributed by atoms with van der Waals surface area (Å²) in [7, 11) is 1.63. The number of aromatic nitrogens is 3. The van der Waals surface area contributed by atoms with Crippen LogP contribution in [0.15, 0.2) is 24.7 Å². The van der Waals surface area contributed by atoms with Crippen LogP contribution in [0.3, 0.4) is 0 Å². The van der Waals surface area contributed by atoms with Gasteiger partial charge < -0.3 is 4.74 Å². The third kappa shape index (κ3) is 5.28. The highest BCUT2D eigenvalue weighted by Crippen LogP contribution is 2.11. The van der Waals surface area contributed by atoms with E-state index in [-0.39, 0.29) is 0 Å². The molecular formula is C15H25N3O. The first-order valence-electron chi connectivity index (χ1n) is 7.04. The molecule has 0 aliphatic rings. The van der Waals surface area contributed by atoms with Crippen LogP contribution in [0.1, 0.15) is 46.5 Å². The minimum absolute atomic E-state index is 0.796. The fourth-order valence-electron chi connectivity index (χ4n) is 2.06. The lowest BCUT2D eigenvalue weighted by Gasteiger charge is -2.05. The van der Waals surface area contributed by atoms with Crippen LogP contribution in [0.5, 0.6) is 5.75 Å². The highest BCUT2D eigenvalue weighted by molar-refractivity contribution is 5.42. The van der Waals surface area contributed by atoms with E-state index in [1.807, 2.05) is 22.7 Å². The first-order valence-corrected chi connectivity index (χ1v) is 7.04. The quantitative estimate of drug-likeness (QED) is 0.819. The second-order valence-electron chi connectivity index (χ2n) is 4.85. The lowest BCUT2D eigenvalue weighted by Crippen LogP contribution is -1.91. The van der Waals surface area contributed by atoms with E-state index in [1.165, 1.54) is 25.7 Å². The zero-order chi connectivity index (χ0) is 14.1. The van der Waals surface area contributed by atoms with Crippen LogP contribution in [0, 0.1) is 5.92 Å². The lowest BCUT2D eigenvalue weighted by atomic mass is 10.0. The van der Waals surface area contributed by atoms with Gasteiger partial charge in [-0.05, 0) is 12.0 Å². The van der Waals surface area contributed by atoms with E-state index in [9.17, 15) is 0 Å². The van der Waals surface area contributed by atoms with Gasteiger partial charge in [0, 0.05) is 12.3 Å². The molecule has 0 aliphatic heterocycles. The van der Waals surface area contributed by atoms with Crippen LogP contribution in [-0.2, 0) is 0 Å². The van der Waals surface area contributed by atoms with Crippen molar-refractivity contribution in [2.45, 2.75) is 46.5 Å². The summed E-state index contributed by atoms with van der Waals surface area (Å²) in [5, 5.41) is 7.59. The maximum atomic E-state index is 5.01. The highest BCUT2D eigenvalue weighted by Gasteiger charge is 1.96. The zero-order valence-electron chi connectivity index (χ0n) is 12.5. The fourth-order valence-corrected chi connectivity index (χ4v) is 2.06.